The highest BCUT2D eigenvalue weighted by Crippen LogP contribution is 2.21. The fourth-order valence-electron chi connectivity index (χ4n) is 2.83. The van der Waals surface area contributed by atoms with Crippen LogP contribution in [0, 0.1) is 0 Å². The molecule has 2 aromatic heterocycles. The van der Waals surface area contributed by atoms with E-state index in [4.69, 9.17) is 0 Å². The van der Waals surface area contributed by atoms with Crippen molar-refractivity contribution in [2.24, 2.45) is 0 Å². The second-order valence-corrected chi connectivity index (χ2v) is 6.43. The predicted molar refractivity (Wildman–Crippen MR) is 88.8 cm³/mol. The van der Waals surface area contributed by atoms with Gasteiger partial charge >= 0.3 is 0 Å². The molecule has 1 aromatic carbocycles. The van der Waals surface area contributed by atoms with Gasteiger partial charge in [-0.1, -0.05) is 23.9 Å². The first kappa shape index (κ1) is 14.2. The Labute approximate surface area is 135 Å². The number of aryl methyl sites for hydroxylation is 1. The van der Waals surface area contributed by atoms with E-state index in [2.05, 4.69) is 19.9 Å². The Hall–Kier alpha value is -2.41. The number of hydrogen-bond donors (Lipinski definition) is 2. The number of aromatic nitrogens is 4. The number of aromatic amines is 2. The van der Waals surface area contributed by atoms with Crippen molar-refractivity contribution in [2.75, 3.05) is 0 Å². The van der Waals surface area contributed by atoms with Gasteiger partial charge in [-0.2, -0.15) is 0 Å². The molecule has 23 heavy (non-hydrogen) atoms. The maximum absolute atomic E-state index is 12.0. The van der Waals surface area contributed by atoms with Gasteiger partial charge in [-0.25, -0.2) is 9.97 Å². The molecular weight excluding hydrogens is 312 g/mol. The van der Waals surface area contributed by atoms with Crippen LogP contribution in [0.3, 0.4) is 0 Å². The summed E-state index contributed by atoms with van der Waals surface area (Å²) in [6, 6.07) is 7.23. The number of nitrogens with zero attached hydrogens (tertiary/aromatic N) is 2. The molecule has 0 amide bonds. The minimum absolute atomic E-state index is 0.0463. The summed E-state index contributed by atoms with van der Waals surface area (Å²) in [5.74, 6) is 1.02. The molecule has 0 fully saturated rings. The van der Waals surface area contributed by atoms with Gasteiger partial charge in [-0.15, -0.1) is 0 Å². The third kappa shape index (κ3) is 2.68. The SMILES string of the molecule is O=c1[nH]c(SCc2nc3ccccc3c(=O)[nH]2)nc2c1CCC2. The minimum atomic E-state index is -0.151. The third-order valence-corrected chi connectivity index (χ3v) is 4.81. The maximum atomic E-state index is 12.0. The van der Waals surface area contributed by atoms with Crippen LogP contribution in [0.5, 0.6) is 0 Å². The molecule has 0 aliphatic heterocycles. The van der Waals surface area contributed by atoms with Crippen LogP contribution in [0.2, 0.25) is 0 Å². The second kappa shape index (κ2) is 5.66. The van der Waals surface area contributed by atoms with E-state index in [1.54, 1.807) is 6.07 Å². The zero-order valence-corrected chi connectivity index (χ0v) is 13.1. The van der Waals surface area contributed by atoms with E-state index in [-0.39, 0.29) is 11.1 Å². The Balaban J connectivity index is 1.61. The summed E-state index contributed by atoms with van der Waals surface area (Å²) in [5.41, 5.74) is 2.18. The van der Waals surface area contributed by atoms with Gasteiger partial charge in [0.2, 0.25) is 0 Å². The molecule has 116 valence electrons. The molecule has 1 aliphatic carbocycles. The number of fused-ring (bicyclic) bond motifs is 2. The van der Waals surface area contributed by atoms with E-state index in [0.717, 1.165) is 30.5 Å². The van der Waals surface area contributed by atoms with E-state index in [1.165, 1.54) is 11.8 Å². The first-order valence-corrected chi connectivity index (χ1v) is 8.42. The normalized spacial score (nSPS) is 13.4. The summed E-state index contributed by atoms with van der Waals surface area (Å²) in [5, 5.41) is 1.15. The van der Waals surface area contributed by atoms with Crippen LogP contribution in [0.15, 0.2) is 39.0 Å². The summed E-state index contributed by atoms with van der Waals surface area (Å²) in [4.78, 5) is 38.6. The van der Waals surface area contributed by atoms with Crippen molar-refractivity contribution in [3.63, 3.8) is 0 Å². The lowest BCUT2D eigenvalue weighted by molar-refractivity contribution is 0.868. The van der Waals surface area contributed by atoms with E-state index >= 15 is 0 Å². The lowest BCUT2D eigenvalue weighted by atomic mass is 10.2. The van der Waals surface area contributed by atoms with E-state index in [9.17, 15) is 9.59 Å². The van der Waals surface area contributed by atoms with Crippen LogP contribution in [0.25, 0.3) is 10.9 Å². The summed E-state index contributed by atoms with van der Waals surface area (Å²) in [7, 11) is 0. The molecule has 0 saturated heterocycles. The summed E-state index contributed by atoms with van der Waals surface area (Å²) in [6.07, 6.45) is 2.65. The second-order valence-electron chi connectivity index (χ2n) is 5.47. The van der Waals surface area contributed by atoms with Gasteiger partial charge in [-0.05, 0) is 31.4 Å². The van der Waals surface area contributed by atoms with E-state index < -0.39 is 0 Å². The number of thioether (sulfide) groups is 1. The smallest absolute Gasteiger partial charge is 0.258 e. The summed E-state index contributed by atoms with van der Waals surface area (Å²) in [6.45, 7) is 0. The topological polar surface area (TPSA) is 91.5 Å². The summed E-state index contributed by atoms with van der Waals surface area (Å²) < 4.78 is 0. The van der Waals surface area contributed by atoms with Gasteiger partial charge in [-0.3, -0.25) is 9.59 Å². The van der Waals surface area contributed by atoms with Crippen molar-refractivity contribution in [2.45, 2.75) is 30.2 Å². The zero-order valence-electron chi connectivity index (χ0n) is 12.3. The van der Waals surface area contributed by atoms with Crippen LogP contribution in [0.4, 0.5) is 0 Å². The number of hydrogen-bond acceptors (Lipinski definition) is 5. The first-order valence-electron chi connectivity index (χ1n) is 7.43. The molecule has 0 saturated carbocycles. The Morgan fingerprint density at radius 2 is 1.91 bits per heavy atom. The molecule has 2 heterocycles. The van der Waals surface area contributed by atoms with Crippen molar-refractivity contribution in [3.05, 3.63) is 62.1 Å². The van der Waals surface area contributed by atoms with Gasteiger partial charge in [0.15, 0.2) is 5.16 Å². The molecule has 0 atom stereocenters. The molecule has 3 aromatic rings. The molecule has 0 spiro atoms. The van der Waals surface area contributed by atoms with Gasteiger partial charge in [0, 0.05) is 5.56 Å². The monoisotopic (exact) mass is 326 g/mol. The van der Waals surface area contributed by atoms with Gasteiger partial charge in [0.05, 0.1) is 22.3 Å². The Kier molecular flexibility index (Phi) is 3.49. The molecule has 0 radical (unpaired) electrons. The number of benzene rings is 1. The number of rotatable bonds is 3. The van der Waals surface area contributed by atoms with Crippen molar-refractivity contribution in [1.82, 2.24) is 19.9 Å². The highest BCUT2D eigenvalue weighted by Gasteiger charge is 2.17. The average Bonchev–Trinajstić information content (AvgIpc) is 3.02. The van der Waals surface area contributed by atoms with Crippen molar-refractivity contribution < 1.29 is 0 Å². The Morgan fingerprint density at radius 1 is 1.04 bits per heavy atom. The number of H-pyrrole nitrogens is 2. The van der Waals surface area contributed by atoms with Gasteiger partial charge in [0.1, 0.15) is 5.82 Å². The molecular formula is C16H14N4O2S. The Bertz CT molecular complexity index is 1010. The van der Waals surface area contributed by atoms with Crippen molar-refractivity contribution in [3.8, 4) is 0 Å². The van der Waals surface area contributed by atoms with E-state index in [1.807, 2.05) is 18.2 Å². The van der Waals surface area contributed by atoms with Crippen molar-refractivity contribution >= 4 is 22.7 Å². The largest absolute Gasteiger partial charge is 0.309 e. The third-order valence-electron chi connectivity index (χ3n) is 3.93. The van der Waals surface area contributed by atoms with Gasteiger partial charge < -0.3 is 9.97 Å². The summed E-state index contributed by atoms with van der Waals surface area (Å²) >= 11 is 1.37. The van der Waals surface area contributed by atoms with Crippen LogP contribution >= 0.6 is 11.8 Å². The number of nitrogens with one attached hydrogen (secondary N) is 2. The molecule has 0 unspecified atom stereocenters. The highest BCUT2D eigenvalue weighted by molar-refractivity contribution is 7.98. The fourth-order valence-corrected chi connectivity index (χ4v) is 3.58. The minimum Gasteiger partial charge on any atom is -0.309 e. The van der Waals surface area contributed by atoms with E-state index in [0.29, 0.717) is 27.6 Å². The van der Waals surface area contributed by atoms with Crippen molar-refractivity contribution in [1.29, 1.82) is 0 Å². The quantitative estimate of drug-likeness (QED) is 0.565. The fraction of sp³-hybridized carbons (Fsp3) is 0.250. The predicted octanol–water partition coefficient (Wildman–Crippen LogP) is 1.79. The lowest BCUT2D eigenvalue weighted by Gasteiger charge is -2.04. The zero-order chi connectivity index (χ0) is 15.8. The van der Waals surface area contributed by atoms with Crippen LogP contribution in [-0.4, -0.2) is 19.9 Å². The van der Waals surface area contributed by atoms with Crippen LogP contribution < -0.4 is 11.1 Å². The maximum Gasteiger partial charge on any atom is 0.258 e. The molecule has 7 heteroatoms. The average molecular weight is 326 g/mol. The molecule has 4 rings (SSSR count). The Morgan fingerprint density at radius 3 is 2.83 bits per heavy atom. The standard InChI is InChI=1S/C16H14N4O2S/c21-14-9-4-1-2-6-11(9)17-13(19-14)8-23-16-18-12-7-3-5-10(12)15(22)20-16/h1-2,4,6H,3,5,7-8H2,(H,17,19,21)(H,18,20,22). The number of para-hydroxylation sites is 1. The lowest BCUT2D eigenvalue weighted by Crippen LogP contribution is -2.15. The molecule has 0 bridgehead atoms. The molecule has 1 aliphatic rings. The van der Waals surface area contributed by atoms with Crippen LogP contribution in [0.1, 0.15) is 23.5 Å². The highest BCUT2D eigenvalue weighted by atomic mass is 32.2. The molecule has 6 nitrogen and oxygen atoms in total. The molecule has 2 N–H and O–H groups in total. The van der Waals surface area contributed by atoms with Gasteiger partial charge in [0.25, 0.3) is 11.1 Å². The first-order chi connectivity index (χ1) is 11.2. The van der Waals surface area contributed by atoms with Crippen LogP contribution in [-0.2, 0) is 18.6 Å².